The summed E-state index contributed by atoms with van der Waals surface area (Å²) in [6, 6.07) is 0. The highest BCUT2D eigenvalue weighted by atomic mass is 16.6. The SMILES string of the molecule is NC(=O)OC1/C=C/C(O)CC(O)C(O)C1. The number of aliphatic hydroxyl groups excluding tert-OH is 3. The third-order valence-electron chi connectivity index (χ3n) is 2.22. The van der Waals surface area contributed by atoms with Gasteiger partial charge in [-0.15, -0.1) is 0 Å². The predicted octanol–water partition coefficient (Wildman–Crippen LogP) is -1.12. The van der Waals surface area contributed by atoms with E-state index in [0.29, 0.717) is 0 Å². The Bertz CT molecular complexity index is 255. The van der Waals surface area contributed by atoms with E-state index in [4.69, 9.17) is 5.73 Å². The van der Waals surface area contributed by atoms with Crippen molar-refractivity contribution < 1.29 is 24.9 Å². The van der Waals surface area contributed by atoms with Crippen molar-refractivity contribution in [1.82, 2.24) is 0 Å². The Balaban J connectivity index is 2.67. The van der Waals surface area contributed by atoms with Crippen LogP contribution in [-0.4, -0.2) is 45.8 Å². The number of hydrogen-bond donors (Lipinski definition) is 4. The molecule has 15 heavy (non-hydrogen) atoms. The fraction of sp³-hybridized carbons (Fsp3) is 0.667. The average molecular weight is 217 g/mol. The van der Waals surface area contributed by atoms with Crippen LogP contribution in [0.1, 0.15) is 12.8 Å². The molecule has 86 valence electrons. The summed E-state index contributed by atoms with van der Waals surface area (Å²) in [5, 5.41) is 28.2. The molecule has 0 aromatic heterocycles. The summed E-state index contributed by atoms with van der Waals surface area (Å²) in [5.41, 5.74) is 4.83. The smallest absolute Gasteiger partial charge is 0.405 e. The van der Waals surface area contributed by atoms with E-state index >= 15 is 0 Å². The van der Waals surface area contributed by atoms with Crippen LogP contribution >= 0.6 is 0 Å². The zero-order chi connectivity index (χ0) is 11.4. The first kappa shape index (κ1) is 12.0. The van der Waals surface area contributed by atoms with Gasteiger partial charge in [0.2, 0.25) is 0 Å². The lowest BCUT2D eigenvalue weighted by Crippen LogP contribution is -2.36. The second-order valence-corrected chi connectivity index (χ2v) is 3.53. The van der Waals surface area contributed by atoms with Gasteiger partial charge in [0.05, 0.1) is 18.3 Å². The zero-order valence-corrected chi connectivity index (χ0v) is 8.11. The number of hydrogen-bond acceptors (Lipinski definition) is 5. The summed E-state index contributed by atoms with van der Waals surface area (Å²) < 4.78 is 4.66. The zero-order valence-electron chi connectivity index (χ0n) is 8.11. The number of carbonyl (C=O) groups is 1. The normalized spacial score (nSPS) is 38.9. The quantitative estimate of drug-likeness (QED) is 0.416. The lowest BCUT2D eigenvalue weighted by Gasteiger charge is -2.25. The van der Waals surface area contributed by atoms with Crippen LogP contribution in [0, 0.1) is 0 Å². The van der Waals surface area contributed by atoms with Crippen molar-refractivity contribution in [3.05, 3.63) is 12.2 Å². The number of ether oxygens (including phenoxy) is 1. The molecule has 1 rings (SSSR count). The molecular formula is C9H15NO5. The fourth-order valence-electron chi connectivity index (χ4n) is 1.45. The van der Waals surface area contributed by atoms with Gasteiger partial charge in [-0.05, 0) is 6.08 Å². The summed E-state index contributed by atoms with van der Waals surface area (Å²) >= 11 is 0. The second-order valence-electron chi connectivity index (χ2n) is 3.53. The molecule has 0 radical (unpaired) electrons. The maximum absolute atomic E-state index is 10.5. The van der Waals surface area contributed by atoms with Gasteiger partial charge in [0.15, 0.2) is 0 Å². The molecule has 6 heteroatoms. The molecule has 6 nitrogen and oxygen atoms in total. The molecule has 0 aromatic rings. The number of primary amides is 1. The van der Waals surface area contributed by atoms with E-state index in [9.17, 15) is 20.1 Å². The first-order valence-electron chi connectivity index (χ1n) is 4.67. The minimum Gasteiger partial charge on any atom is -0.442 e. The molecule has 0 spiro atoms. The van der Waals surface area contributed by atoms with Gasteiger partial charge < -0.3 is 25.8 Å². The minimum absolute atomic E-state index is 0.0565. The molecule has 0 aromatic carbocycles. The number of carbonyl (C=O) groups excluding carboxylic acids is 1. The van der Waals surface area contributed by atoms with Gasteiger partial charge in [0.25, 0.3) is 0 Å². The lowest BCUT2D eigenvalue weighted by atomic mass is 9.97. The predicted molar refractivity (Wildman–Crippen MR) is 50.9 cm³/mol. The molecule has 5 N–H and O–H groups in total. The van der Waals surface area contributed by atoms with Crippen molar-refractivity contribution >= 4 is 6.09 Å². The summed E-state index contributed by atoms with van der Waals surface area (Å²) in [6.07, 6.45) is -1.66. The van der Waals surface area contributed by atoms with E-state index in [1.165, 1.54) is 12.2 Å². The molecule has 0 bridgehead atoms. The molecule has 0 heterocycles. The molecule has 1 aliphatic carbocycles. The molecule has 0 saturated heterocycles. The van der Waals surface area contributed by atoms with Crippen molar-refractivity contribution in [2.24, 2.45) is 5.73 Å². The summed E-state index contributed by atoms with van der Waals surface area (Å²) in [4.78, 5) is 10.5. The minimum atomic E-state index is -1.05. The van der Waals surface area contributed by atoms with Crippen molar-refractivity contribution in [3.8, 4) is 0 Å². The molecule has 0 fully saturated rings. The first-order valence-corrected chi connectivity index (χ1v) is 4.67. The Morgan fingerprint density at radius 1 is 1.20 bits per heavy atom. The van der Waals surface area contributed by atoms with Crippen molar-refractivity contribution in [2.45, 2.75) is 37.3 Å². The van der Waals surface area contributed by atoms with Gasteiger partial charge >= 0.3 is 6.09 Å². The van der Waals surface area contributed by atoms with Crippen LogP contribution < -0.4 is 5.73 Å². The van der Waals surface area contributed by atoms with Gasteiger partial charge in [-0.2, -0.15) is 0 Å². The van der Waals surface area contributed by atoms with Crippen LogP contribution in [0.3, 0.4) is 0 Å². The van der Waals surface area contributed by atoms with Crippen molar-refractivity contribution in [2.75, 3.05) is 0 Å². The third kappa shape index (κ3) is 3.86. The van der Waals surface area contributed by atoms with E-state index < -0.39 is 30.5 Å². The molecule has 1 amide bonds. The van der Waals surface area contributed by atoms with Crippen molar-refractivity contribution in [1.29, 1.82) is 0 Å². The molecule has 1 aliphatic rings. The number of aliphatic hydroxyl groups is 3. The first-order chi connectivity index (χ1) is 6.99. The van der Waals surface area contributed by atoms with Gasteiger partial charge in [-0.3, -0.25) is 0 Å². The lowest BCUT2D eigenvalue weighted by molar-refractivity contribution is -0.0278. The average Bonchev–Trinajstić information content (AvgIpc) is 2.11. The van der Waals surface area contributed by atoms with E-state index in [1.54, 1.807) is 0 Å². The van der Waals surface area contributed by atoms with Gasteiger partial charge in [0, 0.05) is 12.8 Å². The Morgan fingerprint density at radius 2 is 1.80 bits per heavy atom. The second kappa shape index (κ2) is 5.11. The Morgan fingerprint density at radius 3 is 2.40 bits per heavy atom. The van der Waals surface area contributed by atoms with Gasteiger partial charge in [-0.25, -0.2) is 4.79 Å². The largest absolute Gasteiger partial charge is 0.442 e. The number of nitrogens with two attached hydrogens (primary N) is 1. The highest BCUT2D eigenvalue weighted by Crippen LogP contribution is 2.16. The van der Waals surface area contributed by atoms with Crippen molar-refractivity contribution in [3.63, 3.8) is 0 Å². The standard InChI is InChI=1S/C9H15NO5/c10-9(14)15-6-2-1-5(11)3-7(12)8(13)4-6/h1-2,5-8,11-13H,3-4H2,(H2,10,14)/b2-1+. The van der Waals surface area contributed by atoms with E-state index in [0.717, 1.165) is 0 Å². The van der Waals surface area contributed by atoms with Gasteiger partial charge in [-0.1, -0.05) is 6.08 Å². The maximum Gasteiger partial charge on any atom is 0.405 e. The van der Waals surface area contributed by atoms with E-state index in [2.05, 4.69) is 4.74 Å². The summed E-state index contributed by atoms with van der Waals surface area (Å²) in [6.45, 7) is 0. The Kier molecular flexibility index (Phi) is 4.07. The number of amides is 1. The molecule has 0 aliphatic heterocycles. The third-order valence-corrected chi connectivity index (χ3v) is 2.22. The highest BCUT2D eigenvalue weighted by Gasteiger charge is 2.25. The van der Waals surface area contributed by atoms with E-state index in [-0.39, 0.29) is 12.8 Å². The molecule has 0 saturated carbocycles. The van der Waals surface area contributed by atoms with Crippen LogP contribution in [-0.2, 0) is 4.74 Å². The van der Waals surface area contributed by atoms with Crippen LogP contribution in [0.4, 0.5) is 4.79 Å². The van der Waals surface area contributed by atoms with Gasteiger partial charge in [0.1, 0.15) is 6.10 Å². The summed E-state index contributed by atoms with van der Waals surface area (Å²) in [7, 11) is 0. The van der Waals surface area contributed by atoms with Crippen LogP contribution in [0.5, 0.6) is 0 Å². The Hall–Kier alpha value is -1.11. The molecule has 4 atom stereocenters. The molecular weight excluding hydrogens is 202 g/mol. The van der Waals surface area contributed by atoms with E-state index in [1.807, 2.05) is 0 Å². The maximum atomic E-state index is 10.5. The summed E-state index contributed by atoms with van der Waals surface area (Å²) in [5.74, 6) is 0. The van der Waals surface area contributed by atoms with Crippen LogP contribution in [0.25, 0.3) is 0 Å². The molecule has 4 unspecified atom stereocenters. The number of rotatable bonds is 1. The fourth-order valence-corrected chi connectivity index (χ4v) is 1.45. The van der Waals surface area contributed by atoms with Crippen LogP contribution in [0.2, 0.25) is 0 Å². The Labute approximate surface area is 87.0 Å². The highest BCUT2D eigenvalue weighted by molar-refractivity contribution is 5.65. The topological polar surface area (TPSA) is 113 Å². The van der Waals surface area contributed by atoms with Crippen LogP contribution in [0.15, 0.2) is 12.2 Å². The monoisotopic (exact) mass is 217 g/mol.